The third kappa shape index (κ3) is 3.56. The number of aryl methyl sites for hydroxylation is 3. The molecule has 1 aromatic heterocycles. The lowest BCUT2D eigenvalue weighted by molar-refractivity contribution is 0.0998. The molecule has 152 valence electrons. The third-order valence-corrected chi connectivity index (χ3v) is 7.48. The van der Waals surface area contributed by atoms with Crippen LogP contribution >= 0.6 is 0 Å². The first-order chi connectivity index (χ1) is 13.8. The fourth-order valence-corrected chi connectivity index (χ4v) is 5.21. The largest absolute Gasteiger partial charge is 0.451 e. The molecular formula is C22H24N2O4S. The number of benzene rings is 2. The van der Waals surface area contributed by atoms with Crippen LogP contribution in [0.3, 0.4) is 0 Å². The number of hydrogen-bond acceptors (Lipinski definition) is 4. The number of furan rings is 1. The summed E-state index contributed by atoms with van der Waals surface area (Å²) in [6.45, 7) is 6.87. The Kier molecular flexibility index (Phi) is 4.96. The molecule has 0 atom stereocenters. The van der Waals surface area contributed by atoms with Crippen LogP contribution in [0.2, 0.25) is 0 Å². The lowest BCUT2D eigenvalue weighted by atomic mass is 10.1. The molecule has 1 aliphatic heterocycles. The molecular weight excluding hydrogens is 388 g/mol. The monoisotopic (exact) mass is 412 g/mol. The van der Waals surface area contributed by atoms with Crippen LogP contribution in [0.1, 0.15) is 40.1 Å². The Morgan fingerprint density at radius 1 is 1.00 bits per heavy atom. The highest BCUT2D eigenvalue weighted by molar-refractivity contribution is 7.89. The zero-order valence-corrected chi connectivity index (χ0v) is 17.6. The number of carbonyl (C=O) groups excluding carboxylic acids is 1. The summed E-state index contributed by atoms with van der Waals surface area (Å²) in [7, 11) is -3.52. The quantitative estimate of drug-likeness (QED) is 0.689. The molecule has 1 aliphatic rings. The Hall–Kier alpha value is -2.64. The summed E-state index contributed by atoms with van der Waals surface area (Å²) >= 11 is 0. The van der Waals surface area contributed by atoms with E-state index in [1.807, 2.05) is 32.0 Å². The highest BCUT2D eigenvalue weighted by atomic mass is 32.2. The Labute approximate surface area is 170 Å². The number of hydrogen-bond donors (Lipinski definition) is 1. The Balaban J connectivity index is 1.67. The van der Waals surface area contributed by atoms with Crippen molar-refractivity contribution in [3.63, 3.8) is 0 Å². The lowest BCUT2D eigenvalue weighted by Crippen LogP contribution is -2.27. The van der Waals surface area contributed by atoms with Gasteiger partial charge in [0.25, 0.3) is 5.91 Å². The van der Waals surface area contributed by atoms with Gasteiger partial charge in [-0.25, -0.2) is 8.42 Å². The average Bonchev–Trinajstić information content (AvgIpc) is 3.33. The van der Waals surface area contributed by atoms with Crippen LogP contribution < -0.4 is 5.32 Å². The second-order valence-corrected chi connectivity index (χ2v) is 9.52. The zero-order chi connectivity index (χ0) is 20.8. The number of amides is 1. The van der Waals surface area contributed by atoms with Crippen LogP contribution in [0, 0.1) is 20.8 Å². The third-order valence-electron chi connectivity index (χ3n) is 5.58. The van der Waals surface area contributed by atoms with Gasteiger partial charge in [0.2, 0.25) is 10.0 Å². The van der Waals surface area contributed by atoms with Crippen LogP contribution in [0.25, 0.3) is 11.0 Å². The van der Waals surface area contributed by atoms with Gasteiger partial charge >= 0.3 is 0 Å². The first kappa shape index (κ1) is 19.7. The van der Waals surface area contributed by atoms with Crippen LogP contribution in [-0.2, 0) is 10.0 Å². The molecule has 0 radical (unpaired) electrons. The minimum atomic E-state index is -3.52. The van der Waals surface area contributed by atoms with Gasteiger partial charge in [-0.3, -0.25) is 4.79 Å². The maximum absolute atomic E-state index is 12.8. The summed E-state index contributed by atoms with van der Waals surface area (Å²) in [5.41, 5.74) is 4.04. The smallest absolute Gasteiger partial charge is 0.291 e. The summed E-state index contributed by atoms with van der Waals surface area (Å²) in [5.74, 6) is -0.167. The van der Waals surface area contributed by atoms with Crippen molar-refractivity contribution in [3.8, 4) is 0 Å². The first-order valence-electron chi connectivity index (χ1n) is 9.69. The minimum Gasteiger partial charge on any atom is -0.451 e. The lowest BCUT2D eigenvalue weighted by Gasteiger charge is -2.15. The van der Waals surface area contributed by atoms with Crippen molar-refractivity contribution in [1.29, 1.82) is 0 Å². The summed E-state index contributed by atoms with van der Waals surface area (Å²) in [6.07, 6.45) is 1.77. The Morgan fingerprint density at radius 3 is 2.41 bits per heavy atom. The molecule has 2 aromatic carbocycles. The molecule has 29 heavy (non-hydrogen) atoms. The van der Waals surface area contributed by atoms with E-state index in [9.17, 15) is 13.2 Å². The number of anilines is 1. The summed E-state index contributed by atoms with van der Waals surface area (Å²) in [6, 6.07) is 10.5. The van der Waals surface area contributed by atoms with Gasteiger partial charge in [0.15, 0.2) is 5.76 Å². The fraction of sp³-hybridized carbons (Fsp3) is 0.318. The van der Waals surface area contributed by atoms with E-state index in [2.05, 4.69) is 5.32 Å². The van der Waals surface area contributed by atoms with Crippen LogP contribution in [0.15, 0.2) is 45.7 Å². The second kappa shape index (κ2) is 7.31. The van der Waals surface area contributed by atoms with Crippen molar-refractivity contribution in [2.75, 3.05) is 18.4 Å². The molecule has 1 N–H and O–H groups in total. The highest BCUT2D eigenvalue weighted by Gasteiger charge is 2.28. The van der Waals surface area contributed by atoms with E-state index in [-0.39, 0.29) is 16.6 Å². The van der Waals surface area contributed by atoms with Gasteiger partial charge in [0.1, 0.15) is 5.58 Å². The molecule has 1 amide bonds. The van der Waals surface area contributed by atoms with Gasteiger partial charge < -0.3 is 9.73 Å². The van der Waals surface area contributed by atoms with Gasteiger partial charge in [-0.05, 0) is 75.1 Å². The molecule has 0 unspecified atom stereocenters. The maximum Gasteiger partial charge on any atom is 0.291 e. The van der Waals surface area contributed by atoms with Crippen molar-refractivity contribution in [2.24, 2.45) is 0 Å². The SMILES string of the molecule is Cc1ccc(NC(=O)c2oc3ccc(S(=O)(=O)N4CCCC4)cc3c2C)cc1C. The highest BCUT2D eigenvalue weighted by Crippen LogP contribution is 2.30. The van der Waals surface area contributed by atoms with Crippen molar-refractivity contribution in [2.45, 2.75) is 38.5 Å². The van der Waals surface area contributed by atoms with E-state index in [4.69, 9.17) is 4.42 Å². The van der Waals surface area contributed by atoms with Crippen molar-refractivity contribution in [3.05, 3.63) is 58.8 Å². The number of fused-ring (bicyclic) bond motifs is 1. The van der Waals surface area contributed by atoms with Gasteiger partial charge in [0, 0.05) is 29.7 Å². The second-order valence-electron chi connectivity index (χ2n) is 7.58. The van der Waals surface area contributed by atoms with Gasteiger partial charge in [0.05, 0.1) is 4.90 Å². The summed E-state index contributed by atoms with van der Waals surface area (Å²) < 4.78 is 33.0. The van der Waals surface area contributed by atoms with E-state index >= 15 is 0 Å². The molecule has 7 heteroatoms. The van der Waals surface area contributed by atoms with Crippen LogP contribution in [-0.4, -0.2) is 31.7 Å². The van der Waals surface area contributed by atoms with Gasteiger partial charge in [-0.15, -0.1) is 0 Å². The van der Waals surface area contributed by atoms with E-state index in [0.29, 0.717) is 35.3 Å². The molecule has 6 nitrogen and oxygen atoms in total. The van der Waals surface area contributed by atoms with Crippen molar-refractivity contribution in [1.82, 2.24) is 4.31 Å². The van der Waals surface area contributed by atoms with E-state index in [0.717, 1.165) is 24.0 Å². The summed E-state index contributed by atoms with van der Waals surface area (Å²) in [4.78, 5) is 13.0. The Bertz CT molecular complexity index is 1210. The van der Waals surface area contributed by atoms with Crippen LogP contribution in [0.4, 0.5) is 5.69 Å². The standard InChI is InChI=1S/C22H24N2O4S/c1-14-6-7-17(12-15(14)2)23-22(25)21-16(3)19-13-18(8-9-20(19)28-21)29(26,27)24-10-4-5-11-24/h6-9,12-13H,4-5,10-11H2,1-3H3,(H,23,25). The molecule has 0 spiro atoms. The minimum absolute atomic E-state index is 0.189. The van der Waals surface area contributed by atoms with Crippen LogP contribution in [0.5, 0.6) is 0 Å². The summed E-state index contributed by atoms with van der Waals surface area (Å²) in [5, 5.41) is 3.49. The molecule has 1 saturated heterocycles. The van der Waals surface area contributed by atoms with Gasteiger partial charge in [-0.1, -0.05) is 6.07 Å². The van der Waals surface area contributed by atoms with Crippen molar-refractivity contribution < 1.29 is 17.6 Å². The molecule has 4 rings (SSSR count). The number of sulfonamides is 1. The van der Waals surface area contributed by atoms with E-state index in [1.165, 1.54) is 4.31 Å². The average molecular weight is 413 g/mol. The molecule has 0 aliphatic carbocycles. The van der Waals surface area contributed by atoms with Gasteiger partial charge in [-0.2, -0.15) is 4.31 Å². The molecule has 1 fully saturated rings. The van der Waals surface area contributed by atoms with E-state index < -0.39 is 10.0 Å². The predicted molar refractivity (Wildman–Crippen MR) is 113 cm³/mol. The normalized spacial score (nSPS) is 15.1. The number of nitrogens with one attached hydrogen (secondary N) is 1. The fourth-order valence-electron chi connectivity index (χ4n) is 3.66. The molecule has 3 aromatic rings. The van der Waals surface area contributed by atoms with E-state index in [1.54, 1.807) is 25.1 Å². The number of carbonyl (C=O) groups is 1. The molecule has 0 bridgehead atoms. The molecule has 0 saturated carbocycles. The Morgan fingerprint density at radius 2 is 1.72 bits per heavy atom. The maximum atomic E-state index is 12.8. The number of nitrogens with zero attached hydrogens (tertiary/aromatic N) is 1. The number of rotatable bonds is 4. The molecule has 2 heterocycles. The topological polar surface area (TPSA) is 79.6 Å². The first-order valence-corrected chi connectivity index (χ1v) is 11.1. The van der Waals surface area contributed by atoms with Crippen molar-refractivity contribution >= 4 is 32.6 Å². The zero-order valence-electron chi connectivity index (χ0n) is 16.8. The predicted octanol–water partition coefficient (Wildman–Crippen LogP) is 4.39.